The molecule has 6 heteroatoms. The normalized spacial score (nSPS) is 10.8. The molecule has 0 fully saturated rings. The van der Waals surface area contributed by atoms with Crippen LogP contribution in [0.3, 0.4) is 0 Å². The van der Waals surface area contributed by atoms with Crippen molar-refractivity contribution in [1.29, 1.82) is 0 Å². The molecule has 1 aromatic carbocycles. The van der Waals surface area contributed by atoms with Crippen LogP contribution < -0.4 is 4.74 Å². The van der Waals surface area contributed by atoms with Crippen LogP contribution in [0, 0.1) is 0 Å². The Balaban J connectivity index is 2.23. The van der Waals surface area contributed by atoms with Gasteiger partial charge in [0.15, 0.2) is 11.0 Å². The average molecular weight is 307 g/mol. The number of unbranched alkanes of at least 4 members (excludes halogenated alkanes) is 1. The van der Waals surface area contributed by atoms with Crippen molar-refractivity contribution >= 4 is 11.8 Å². The molecule has 5 nitrogen and oxygen atoms in total. The van der Waals surface area contributed by atoms with E-state index in [0.29, 0.717) is 0 Å². The second-order valence-electron chi connectivity index (χ2n) is 4.53. The molecule has 1 heterocycles. The Morgan fingerprint density at radius 1 is 1.24 bits per heavy atom. The molecule has 0 aliphatic rings. The van der Waals surface area contributed by atoms with Gasteiger partial charge in [-0.2, -0.15) is 0 Å². The molecule has 0 aliphatic heterocycles. The third-order valence-corrected chi connectivity index (χ3v) is 4.22. The number of thioether (sulfide) groups is 1. The van der Waals surface area contributed by atoms with Gasteiger partial charge >= 0.3 is 0 Å². The average Bonchev–Trinajstić information content (AvgIpc) is 2.94. The molecule has 1 N–H and O–H groups in total. The Bertz CT molecular complexity index is 572. The highest BCUT2D eigenvalue weighted by molar-refractivity contribution is 7.99. The van der Waals surface area contributed by atoms with Gasteiger partial charge in [0, 0.05) is 18.9 Å². The standard InChI is InChI=1S/C15H21N3O2S/c1-3-18-14(12-8-4-5-9-13(12)20-2)16-17-15(18)21-11-7-6-10-19/h4-5,8-9,19H,3,6-7,10-11H2,1-2H3. The number of para-hydroxylation sites is 1. The summed E-state index contributed by atoms with van der Waals surface area (Å²) in [5.41, 5.74) is 0.955. The van der Waals surface area contributed by atoms with E-state index in [9.17, 15) is 0 Å². The molecule has 114 valence electrons. The maximum atomic E-state index is 8.82. The Morgan fingerprint density at radius 3 is 2.76 bits per heavy atom. The van der Waals surface area contributed by atoms with Crippen LogP contribution in [0.4, 0.5) is 0 Å². The molecule has 2 rings (SSSR count). The Kier molecular flexibility index (Phi) is 6.07. The van der Waals surface area contributed by atoms with Crippen molar-refractivity contribution in [2.75, 3.05) is 19.5 Å². The molecule has 0 amide bonds. The van der Waals surface area contributed by atoms with Crippen LogP contribution in [0.2, 0.25) is 0 Å². The first-order valence-electron chi connectivity index (χ1n) is 7.12. The zero-order chi connectivity index (χ0) is 15.1. The molecule has 2 aromatic rings. The maximum absolute atomic E-state index is 8.82. The van der Waals surface area contributed by atoms with Gasteiger partial charge in [-0.05, 0) is 31.9 Å². The van der Waals surface area contributed by atoms with Crippen LogP contribution in [0.1, 0.15) is 19.8 Å². The third-order valence-electron chi connectivity index (χ3n) is 3.16. The Morgan fingerprint density at radius 2 is 2.05 bits per heavy atom. The Labute approximate surface area is 129 Å². The number of methoxy groups -OCH3 is 1. The molecule has 0 unspecified atom stereocenters. The first kappa shape index (κ1) is 15.9. The topological polar surface area (TPSA) is 60.2 Å². The lowest BCUT2D eigenvalue weighted by atomic mass is 10.2. The SMILES string of the molecule is CCn1c(SCCCCO)nnc1-c1ccccc1OC. The number of aromatic nitrogens is 3. The van der Waals surface area contributed by atoms with E-state index in [4.69, 9.17) is 9.84 Å². The summed E-state index contributed by atoms with van der Waals surface area (Å²) in [5.74, 6) is 2.57. The minimum atomic E-state index is 0.244. The van der Waals surface area contributed by atoms with Gasteiger partial charge in [0.1, 0.15) is 5.75 Å². The van der Waals surface area contributed by atoms with Crippen molar-refractivity contribution in [3.63, 3.8) is 0 Å². The largest absolute Gasteiger partial charge is 0.496 e. The quantitative estimate of drug-likeness (QED) is 0.600. The second-order valence-corrected chi connectivity index (χ2v) is 5.59. The third kappa shape index (κ3) is 3.77. The van der Waals surface area contributed by atoms with E-state index in [1.807, 2.05) is 24.3 Å². The molecular weight excluding hydrogens is 286 g/mol. The van der Waals surface area contributed by atoms with Gasteiger partial charge in [0.2, 0.25) is 0 Å². The van der Waals surface area contributed by atoms with Gasteiger partial charge in [0.25, 0.3) is 0 Å². The summed E-state index contributed by atoms with van der Waals surface area (Å²) in [4.78, 5) is 0. The summed E-state index contributed by atoms with van der Waals surface area (Å²) in [6, 6.07) is 7.84. The lowest BCUT2D eigenvalue weighted by Crippen LogP contribution is -2.01. The number of rotatable bonds is 8. The van der Waals surface area contributed by atoms with Crippen molar-refractivity contribution < 1.29 is 9.84 Å². The number of ether oxygens (including phenoxy) is 1. The summed E-state index contributed by atoms with van der Waals surface area (Å²) in [7, 11) is 1.66. The van der Waals surface area contributed by atoms with Crippen LogP contribution >= 0.6 is 11.8 Å². The van der Waals surface area contributed by atoms with E-state index in [1.54, 1.807) is 18.9 Å². The van der Waals surface area contributed by atoms with Crippen LogP contribution in [-0.4, -0.2) is 39.3 Å². The van der Waals surface area contributed by atoms with Crippen molar-refractivity contribution in [2.45, 2.75) is 31.5 Å². The number of hydrogen-bond acceptors (Lipinski definition) is 5. The van der Waals surface area contributed by atoms with Crippen LogP contribution in [0.5, 0.6) is 5.75 Å². The Hall–Kier alpha value is -1.53. The lowest BCUT2D eigenvalue weighted by Gasteiger charge is -2.10. The van der Waals surface area contributed by atoms with Crippen molar-refractivity contribution in [2.24, 2.45) is 0 Å². The van der Waals surface area contributed by atoms with Gasteiger partial charge in [0.05, 0.1) is 12.7 Å². The predicted octanol–water partition coefficient (Wildman–Crippen LogP) is 2.84. The number of benzene rings is 1. The van der Waals surface area contributed by atoms with E-state index in [2.05, 4.69) is 21.7 Å². The lowest BCUT2D eigenvalue weighted by molar-refractivity contribution is 0.287. The van der Waals surface area contributed by atoms with E-state index in [-0.39, 0.29) is 6.61 Å². The van der Waals surface area contributed by atoms with Crippen LogP contribution in [0.25, 0.3) is 11.4 Å². The monoisotopic (exact) mass is 307 g/mol. The van der Waals surface area contributed by atoms with Gasteiger partial charge in [-0.3, -0.25) is 0 Å². The summed E-state index contributed by atoms with van der Waals surface area (Å²) in [6.45, 7) is 3.14. The highest BCUT2D eigenvalue weighted by Crippen LogP contribution is 2.30. The van der Waals surface area contributed by atoms with Gasteiger partial charge < -0.3 is 14.4 Å². The summed E-state index contributed by atoms with van der Waals surface area (Å²) in [6.07, 6.45) is 1.80. The number of nitrogens with zero attached hydrogens (tertiary/aromatic N) is 3. The van der Waals surface area contributed by atoms with Crippen molar-refractivity contribution in [3.05, 3.63) is 24.3 Å². The van der Waals surface area contributed by atoms with Gasteiger partial charge in [-0.25, -0.2) is 0 Å². The molecule has 0 spiro atoms. The molecule has 0 radical (unpaired) electrons. The summed E-state index contributed by atoms with van der Waals surface area (Å²) < 4.78 is 7.50. The molecule has 0 saturated carbocycles. The molecule has 1 aromatic heterocycles. The van der Waals surface area contributed by atoms with Crippen LogP contribution in [-0.2, 0) is 6.54 Å². The van der Waals surface area contributed by atoms with E-state index in [1.165, 1.54) is 0 Å². The highest BCUT2D eigenvalue weighted by Gasteiger charge is 2.15. The number of aliphatic hydroxyl groups is 1. The first-order chi connectivity index (χ1) is 10.3. The molecule has 0 saturated heterocycles. The fraction of sp³-hybridized carbons (Fsp3) is 0.467. The number of aliphatic hydroxyl groups excluding tert-OH is 1. The predicted molar refractivity (Wildman–Crippen MR) is 84.7 cm³/mol. The zero-order valence-corrected chi connectivity index (χ0v) is 13.3. The molecule has 0 aliphatic carbocycles. The van der Waals surface area contributed by atoms with Crippen molar-refractivity contribution in [1.82, 2.24) is 14.8 Å². The minimum absolute atomic E-state index is 0.244. The second kappa shape index (κ2) is 8.05. The smallest absolute Gasteiger partial charge is 0.191 e. The minimum Gasteiger partial charge on any atom is -0.496 e. The van der Waals surface area contributed by atoms with Crippen molar-refractivity contribution in [3.8, 4) is 17.1 Å². The van der Waals surface area contributed by atoms with E-state index < -0.39 is 0 Å². The zero-order valence-electron chi connectivity index (χ0n) is 12.5. The maximum Gasteiger partial charge on any atom is 0.191 e. The molecular formula is C15H21N3O2S. The van der Waals surface area contributed by atoms with E-state index in [0.717, 1.165) is 47.4 Å². The first-order valence-corrected chi connectivity index (χ1v) is 8.10. The highest BCUT2D eigenvalue weighted by atomic mass is 32.2. The van der Waals surface area contributed by atoms with Gasteiger partial charge in [-0.1, -0.05) is 23.9 Å². The summed E-state index contributed by atoms with van der Waals surface area (Å²) in [5, 5.41) is 18.4. The van der Waals surface area contributed by atoms with E-state index >= 15 is 0 Å². The molecule has 0 bridgehead atoms. The van der Waals surface area contributed by atoms with Gasteiger partial charge in [-0.15, -0.1) is 10.2 Å². The number of hydrogen-bond donors (Lipinski definition) is 1. The van der Waals surface area contributed by atoms with Crippen LogP contribution in [0.15, 0.2) is 29.4 Å². The molecule has 21 heavy (non-hydrogen) atoms. The molecule has 0 atom stereocenters. The fourth-order valence-electron chi connectivity index (χ4n) is 2.09. The summed E-state index contributed by atoms with van der Waals surface area (Å²) >= 11 is 1.68. The fourth-order valence-corrected chi connectivity index (χ4v) is 3.09.